The van der Waals surface area contributed by atoms with Gasteiger partial charge in [-0.15, -0.1) is 12.4 Å². The van der Waals surface area contributed by atoms with Crippen LogP contribution < -0.4 is 0 Å². The largest absolute Gasteiger partial charge is 0.508 e. The highest BCUT2D eigenvalue weighted by atomic mass is 35.5. The van der Waals surface area contributed by atoms with Gasteiger partial charge in [0.1, 0.15) is 5.75 Å². The molecule has 2 N–H and O–H groups in total. The van der Waals surface area contributed by atoms with E-state index in [1.807, 2.05) is 36.4 Å². The summed E-state index contributed by atoms with van der Waals surface area (Å²) in [6.45, 7) is 1.76. The van der Waals surface area contributed by atoms with Gasteiger partial charge in [-0.25, -0.2) is 0 Å². The molecule has 2 aromatic rings. The molecule has 2 aliphatic carbocycles. The molecular formula is C24H30ClNO2. The molecule has 1 aliphatic heterocycles. The van der Waals surface area contributed by atoms with Crippen molar-refractivity contribution in [3.63, 3.8) is 0 Å². The van der Waals surface area contributed by atoms with Gasteiger partial charge in [0.15, 0.2) is 0 Å². The summed E-state index contributed by atoms with van der Waals surface area (Å²) >= 11 is 0. The van der Waals surface area contributed by atoms with E-state index in [2.05, 4.69) is 17.0 Å². The van der Waals surface area contributed by atoms with Gasteiger partial charge in [0, 0.05) is 18.0 Å². The maximum absolute atomic E-state index is 10.8. The Morgan fingerprint density at radius 3 is 2.71 bits per heavy atom. The van der Waals surface area contributed by atoms with E-state index in [9.17, 15) is 10.2 Å². The SMILES string of the molecule is Cl.Oc1ccc2c(c1)[C@]13CCCC[C@H]1[C@H](C2)N(CC(O)c1ccccc1)CC3. The van der Waals surface area contributed by atoms with Crippen molar-refractivity contribution in [1.29, 1.82) is 0 Å². The Hall–Kier alpha value is -1.55. The third-order valence-corrected chi connectivity index (χ3v) is 7.53. The molecule has 2 aromatic carbocycles. The first kappa shape index (κ1) is 19.8. The van der Waals surface area contributed by atoms with Crippen molar-refractivity contribution < 1.29 is 10.2 Å². The zero-order valence-corrected chi connectivity index (χ0v) is 17.1. The number of hydrogen-bond acceptors (Lipinski definition) is 3. The third-order valence-electron chi connectivity index (χ3n) is 7.53. The monoisotopic (exact) mass is 399 g/mol. The lowest BCUT2D eigenvalue weighted by Gasteiger charge is -2.59. The number of β-amino-alcohol motifs (C(OH)–C–C–N with tert-alkyl or cyclic N) is 1. The Labute approximate surface area is 173 Å². The van der Waals surface area contributed by atoms with Gasteiger partial charge in [0.25, 0.3) is 0 Å². The molecule has 0 spiro atoms. The summed E-state index contributed by atoms with van der Waals surface area (Å²) in [5.41, 5.74) is 4.09. The average Bonchev–Trinajstić information content (AvgIpc) is 2.71. The Balaban J connectivity index is 0.00000192. The molecular weight excluding hydrogens is 370 g/mol. The van der Waals surface area contributed by atoms with Crippen LogP contribution in [0.5, 0.6) is 5.75 Å². The van der Waals surface area contributed by atoms with Gasteiger partial charge in [0.05, 0.1) is 6.10 Å². The van der Waals surface area contributed by atoms with Crippen LogP contribution in [0.3, 0.4) is 0 Å². The summed E-state index contributed by atoms with van der Waals surface area (Å²) in [5, 5.41) is 20.9. The molecule has 1 unspecified atom stereocenters. The number of nitrogens with zero attached hydrogens (tertiary/aromatic N) is 1. The van der Waals surface area contributed by atoms with Crippen molar-refractivity contribution >= 4 is 12.4 Å². The molecule has 3 nitrogen and oxygen atoms in total. The number of halogens is 1. The van der Waals surface area contributed by atoms with Gasteiger partial charge in [-0.1, -0.05) is 49.2 Å². The fourth-order valence-corrected chi connectivity index (χ4v) is 6.30. The number of hydrogen-bond donors (Lipinski definition) is 2. The first-order chi connectivity index (χ1) is 13.2. The highest BCUT2D eigenvalue weighted by Gasteiger charge is 2.53. The van der Waals surface area contributed by atoms with Crippen molar-refractivity contribution in [2.24, 2.45) is 5.92 Å². The van der Waals surface area contributed by atoms with Gasteiger partial charge in [0.2, 0.25) is 0 Å². The number of phenols is 1. The minimum Gasteiger partial charge on any atom is -0.508 e. The highest BCUT2D eigenvalue weighted by molar-refractivity contribution is 5.85. The number of fused-ring (bicyclic) bond motifs is 1. The second-order valence-electron chi connectivity index (χ2n) is 8.79. The maximum atomic E-state index is 10.8. The van der Waals surface area contributed by atoms with Gasteiger partial charge >= 0.3 is 0 Å². The quantitative estimate of drug-likeness (QED) is 0.792. The molecule has 2 bridgehead atoms. The maximum Gasteiger partial charge on any atom is 0.115 e. The summed E-state index contributed by atoms with van der Waals surface area (Å²) in [6.07, 6.45) is 6.90. The van der Waals surface area contributed by atoms with E-state index >= 15 is 0 Å². The molecule has 1 heterocycles. The second-order valence-corrected chi connectivity index (χ2v) is 8.79. The number of rotatable bonds is 3. The normalized spacial score (nSPS) is 29.9. The van der Waals surface area contributed by atoms with Crippen molar-refractivity contribution in [2.45, 2.75) is 56.1 Å². The third kappa shape index (κ3) is 3.14. The Bertz CT molecular complexity index is 827. The van der Waals surface area contributed by atoms with Gasteiger partial charge in [-0.05, 0) is 67.0 Å². The van der Waals surface area contributed by atoms with E-state index in [1.54, 1.807) is 0 Å². The molecule has 150 valence electrons. The summed E-state index contributed by atoms with van der Waals surface area (Å²) in [4.78, 5) is 2.56. The number of aromatic hydroxyl groups is 1. The van der Waals surface area contributed by atoms with Crippen molar-refractivity contribution in [3.8, 4) is 5.75 Å². The van der Waals surface area contributed by atoms with E-state index in [1.165, 1.54) is 36.8 Å². The van der Waals surface area contributed by atoms with Gasteiger partial charge in [-0.2, -0.15) is 0 Å². The number of phenolic OH excluding ortho intramolecular Hbond substituents is 1. The molecule has 2 fully saturated rings. The number of aliphatic hydroxyl groups is 1. The number of likely N-dealkylation sites (tertiary alicyclic amines) is 1. The zero-order valence-electron chi connectivity index (χ0n) is 16.3. The second kappa shape index (κ2) is 7.70. The summed E-state index contributed by atoms with van der Waals surface area (Å²) in [6, 6.07) is 16.6. The first-order valence-electron chi connectivity index (χ1n) is 10.5. The van der Waals surface area contributed by atoms with Gasteiger partial charge < -0.3 is 10.2 Å². The van der Waals surface area contributed by atoms with Crippen LogP contribution in [0, 0.1) is 5.92 Å². The van der Waals surface area contributed by atoms with Crippen molar-refractivity contribution in [1.82, 2.24) is 4.90 Å². The van der Waals surface area contributed by atoms with Crippen molar-refractivity contribution in [2.75, 3.05) is 13.1 Å². The number of benzene rings is 2. The minimum atomic E-state index is -0.427. The van der Waals surface area contributed by atoms with Crippen LogP contribution in [0.25, 0.3) is 0 Å². The molecule has 28 heavy (non-hydrogen) atoms. The Kier molecular flexibility index (Phi) is 5.43. The fraction of sp³-hybridized carbons (Fsp3) is 0.500. The lowest BCUT2D eigenvalue weighted by Crippen LogP contribution is -2.61. The van der Waals surface area contributed by atoms with Crippen LogP contribution in [-0.2, 0) is 11.8 Å². The smallest absolute Gasteiger partial charge is 0.115 e. The van der Waals surface area contributed by atoms with Gasteiger partial charge in [-0.3, -0.25) is 4.90 Å². The van der Waals surface area contributed by atoms with E-state index in [0.717, 1.165) is 24.9 Å². The summed E-state index contributed by atoms with van der Waals surface area (Å²) < 4.78 is 0. The minimum absolute atomic E-state index is 0. The lowest BCUT2D eigenvalue weighted by molar-refractivity contribution is -0.0311. The predicted octanol–water partition coefficient (Wildman–Crippen LogP) is 4.61. The van der Waals surface area contributed by atoms with E-state index < -0.39 is 6.10 Å². The molecule has 0 radical (unpaired) electrons. The summed E-state index contributed by atoms with van der Waals surface area (Å²) in [5.74, 6) is 1.06. The standard InChI is InChI=1S/C24H29NO2.ClH/c26-19-10-9-18-14-22-20-8-4-5-11-24(20,21(18)15-19)12-13-25(22)16-23(27)17-6-2-1-3-7-17;/h1-3,6-7,9-10,15,20,22-23,26-27H,4-5,8,11-14,16H2;1H/t20-,22-,23?,24-;/m0./s1. The van der Waals surface area contributed by atoms with E-state index in [0.29, 0.717) is 24.3 Å². The van der Waals surface area contributed by atoms with Crippen molar-refractivity contribution in [3.05, 3.63) is 65.2 Å². The first-order valence-corrected chi connectivity index (χ1v) is 10.5. The topological polar surface area (TPSA) is 43.7 Å². The molecule has 3 aliphatic rings. The zero-order chi connectivity index (χ0) is 18.4. The molecule has 0 aromatic heterocycles. The average molecular weight is 400 g/mol. The Morgan fingerprint density at radius 2 is 1.89 bits per heavy atom. The number of piperidine rings is 1. The molecule has 0 amide bonds. The van der Waals surface area contributed by atoms with Crippen LogP contribution in [0.15, 0.2) is 48.5 Å². The molecule has 4 heteroatoms. The van der Waals surface area contributed by atoms with Crippen LogP contribution in [-0.4, -0.2) is 34.2 Å². The highest BCUT2D eigenvalue weighted by Crippen LogP contribution is 2.56. The fourth-order valence-electron chi connectivity index (χ4n) is 6.30. The van der Waals surface area contributed by atoms with E-state index in [4.69, 9.17) is 0 Å². The number of aliphatic hydroxyl groups excluding tert-OH is 1. The molecule has 1 saturated heterocycles. The van der Waals surface area contributed by atoms with Crippen LogP contribution in [0.1, 0.15) is 54.9 Å². The Morgan fingerprint density at radius 1 is 1.07 bits per heavy atom. The molecule has 1 saturated carbocycles. The van der Waals surface area contributed by atoms with Crippen LogP contribution in [0.2, 0.25) is 0 Å². The lowest BCUT2D eigenvalue weighted by atomic mass is 9.52. The van der Waals surface area contributed by atoms with E-state index in [-0.39, 0.29) is 17.8 Å². The summed E-state index contributed by atoms with van der Waals surface area (Å²) in [7, 11) is 0. The van der Waals surface area contributed by atoms with Crippen LogP contribution in [0.4, 0.5) is 0 Å². The molecule has 4 atom stereocenters. The predicted molar refractivity (Wildman–Crippen MR) is 114 cm³/mol. The van der Waals surface area contributed by atoms with Crippen LogP contribution >= 0.6 is 12.4 Å². The molecule has 5 rings (SSSR count).